The monoisotopic (exact) mass is 587 g/mol. The van der Waals surface area contributed by atoms with Gasteiger partial charge in [-0.1, -0.05) is 78.4 Å². The van der Waals surface area contributed by atoms with Gasteiger partial charge in [0.1, 0.15) is 0 Å². The molecule has 0 amide bonds. The molecule has 2 aromatic rings. The third-order valence-electron chi connectivity index (χ3n) is 8.06. The number of allylic oxidation sites excluding steroid dienone is 5. The molecule has 2 unspecified atom stereocenters. The van der Waals surface area contributed by atoms with E-state index in [4.69, 9.17) is 11.6 Å². The maximum absolute atomic E-state index is 11.5. The molecule has 3 aliphatic rings. The molecule has 41 heavy (non-hydrogen) atoms. The number of hydrogen-bond acceptors (Lipinski definition) is 4. The molecule has 1 saturated carbocycles. The summed E-state index contributed by atoms with van der Waals surface area (Å²) in [5.41, 5.74) is 5.71. The van der Waals surface area contributed by atoms with Crippen LogP contribution in [0.1, 0.15) is 67.0 Å². The number of benzene rings is 2. The molecule has 2 atom stereocenters. The number of halogens is 1. The molecule has 2 aromatic carbocycles. The Hall–Kier alpha value is -2.99. The number of aryl methyl sites for hydroxylation is 1. The Morgan fingerprint density at radius 2 is 1.95 bits per heavy atom. The maximum Gasteiger partial charge on any atom is 0.303 e. The Morgan fingerprint density at radius 1 is 1.15 bits per heavy atom. The smallest absolute Gasteiger partial charge is 0.303 e. The normalized spacial score (nSPS) is 20.0. The van der Waals surface area contributed by atoms with Gasteiger partial charge in [0.25, 0.3) is 0 Å². The molecular weight excluding hydrogens is 550 g/mol. The van der Waals surface area contributed by atoms with E-state index in [1.165, 1.54) is 11.1 Å². The topological polar surface area (TPSA) is 69.6 Å². The first-order chi connectivity index (χ1) is 19.6. The predicted octanol–water partition coefficient (Wildman–Crippen LogP) is 8.06. The van der Waals surface area contributed by atoms with Crippen LogP contribution in [0.3, 0.4) is 0 Å². The fourth-order valence-electron chi connectivity index (χ4n) is 5.56. The molecule has 0 bridgehead atoms. The van der Waals surface area contributed by atoms with Crippen molar-refractivity contribution in [3.05, 3.63) is 124 Å². The number of aliphatic hydroxyl groups is 1. The van der Waals surface area contributed by atoms with Crippen molar-refractivity contribution in [3.8, 4) is 0 Å². The van der Waals surface area contributed by atoms with Crippen molar-refractivity contribution >= 4 is 35.4 Å². The van der Waals surface area contributed by atoms with Crippen LogP contribution in [0.4, 0.5) is 0 Å². The summed E-state index contributed by atoms with van der Waals surface area (Å²) in [6.45, 7) is 3.67. The lowest BCUT2D eigenvalue weighted by Gasteiger charge is -2.25. The van der Waals surface area contributed by atoms with Crippen molar-refractivity contribution in [1.82, 2.24) is 5.32 Å². The standard InChI is InChI=1S/C35H38ClNO3S/c1-34(2,40)30-9-4-3-7-25(30)13-17-32(41-23-35(18-19-35)22-33(38)39)27-8-5-6-24(20-27)10-15-29-16-12-26-11-14-28(36)21-31(26)37-29/h3-12,14-16,20-21,31-32,37,40H,13,17-19,22-23H2,1-2H3,(H,38,39)/b15-10+. The Kier molecular flexibility index (Phi) is 8.98. The summed E-state index contributed by atoms with van der Waals surface area (Å²) < 4.78 is 0. The lowest BCUT2D eigenvalue weighted by atomic mass is 9.90. The van der Waals surface area contributed by atoms with Crippen LogP contribution in [0, 0.1) is 5.41 Å². The molecule has 214 valence electrons. The molecule has 6 heteroatoms. The summed E-state index contributed by atoms with van der Waals surface area (Å²) in [5, 5.41) is 24.7. The van der Waals surface area contributed by atoms with Crippen molar-refractivity contribution in [3.63, 3.8) is 0 Å². The molecule has 0 aromatic heterocycles. The number of nitrogens with one attached hydrogen (secondary N) is 1. The van der Waals surface area contributed by atoms with Gasteiger partial charge in [-0.2, -0.15) is 11.8 Å². The van der Waals surface area contributed by atoms with Crippen LogP contribution in [0.15, 0.2) is 101 Å². The SMILES string of the molecule is CC(C)(O)c1ccccc1CCC(SCC1(CC(=O)O)CC1)c1cccc(/C=C/C2=CC=C3C=CC(Cl)=CC3N2)c1. The summed E-state index contributed by atoms with van der Waals surface area (Å²) in [6.07, 6.45) is 18.3. The molecule has 3 N–H and O–H groups in total. The van der Waals surface area contributed by atoms with Crippen molar-refractivity contribution in [2.75, 3.05) is 5.75 Å². The highest BCUT2D eigenvalue weighted by Gasteiger charge is 2.44. The van der Waals surface area contributed by atoms with Gasteiger partial charge in [-0.25, -0.2) is 0 Å². The van der Waals surface area contributed by atoms with Gasteiger partial charge in [-0.05, 0) is 97.1 Å². The lowest BCUT2D eigenvalue weighted by molar-refractivity contribution is -0.138. The Bertz CT molecular complexity index is 1440. The summed E-state index contributed by atoms with van der Waals surface area (Å²) in [4.78, 5) is 11.5. The van der Waals surface area contributed by atoms with Crippen LogP contribution in [0.2, 0.25) is 0 Å². The van der Waals surface area contributed by atoms with E-state index in [0.717, 1.165) is 58.9 Å². The molecule has 2 aliphatic carbocycles. The van der Waals surface area contributed by atoms with Crippen molar-refractivity contribution < 1.29 is 15.0 Å². The summed E-state index contributed by atoms with van der Waals surface area (Å²) in [6, 6.07) is 16.9. The number of dihydropyridines is 1. The number of fused-ring (bicyclic) bond motifs is 1. The minimum atomic E-state index is -0.906. The highest BCUT2D eigenvalue weighted by Crippen LogP contribution is 2.53. The second kappa shape index (κ2) is 12.5. The molecule has 4 nitrogen and oxygen atoms in total. The summed E-state index contributed by atoms with van der Waals surface area (Å²) in [5.74, 6) is 0.134. The zero-order chi connectivity index (χ0) is 29.0. The summed E-state index contributed by atoms with van der Waals surface area (Å²) in [7, 11) is 0. The van der Waals surface area contributed by atoms with E-state index >= 15 is 0 Å². The number of carboxylic acid groups (broad SMARTS) is 1. The van der Waals surface area contributed by atoms with E-state index in [1.807, 2.05) is 62.0 Å². The van der Waals surface area contributed by atoms with Crippen molar-refractivity contribution in [2.24, 2.45) is 5.41 Å². The molecule has 1 fully saturated rings. The minimum Gasteiger partial charge on any atom is -0.481 e. The van der Waals surface area contributed by atoms with E-state index in [2.05, 4.69) is 60.0 Å². The molecule has 1 heterocycles. The van der Waals surface area contributed by atoms with Crippen LogP contribution in [0.5, 0.6) is 0 Å². The highest BCUT2D eigenvalue weighted by molar-refractivity contribution is 7.99. The van der Waals surface area contributed by atoms with Gasteiger partial charge in [-0.3, -0.25) is 4.79 Å². The Balaban J connectivity index is 1.34. The Morgan fingerprint density at radius 3 is 2.71 bits per heavy atom. The van der Waals surface area contributed by atoms with Gasteiger partial charge < -0.3 is 15.5 Å². The van der Waals surface area contributed by atoms with Gasteiger partial charge in [0.05, 0.1) is 18.1 Å². The molecular formula is C35H38ClNO3S. The van der Waals surface area contributed by atoms with E-state index in [9.17, 15) is 15.0 Å². The third kappa shape index (κ3) is 7.85. The number of aliphatic carboxylic acids is 1. The largest absolute Gasteiger partial charge is 0.481 e. The van der Waals surface area contributed by atoms with Crippen molar-refractivity contribution in [1.29, 1.82) is 0 Å². The molecule has 5 rings (SSSR count). The van der Waals surface area contributed by atoms with E-state index in [1.54, 1.807) is 0 Å². The van der Waals surface area contributed by atoms with Gasteiger partial charge in [0.2, 0.25) is 0 Å². The van der Waals surface area contributed by atoms with Crippen LogP contribution in [0.25, 0.3) is 6.08 Å². The highest BCUT2D eigenvalue weighted by atomic mass is 35.5. The maximum atomic E-state index is 11.5. The fraction of sp³-hybridized carbons (Fsp3) is 0.343. The lowest BCUT2D eigenvalue weighted by Crippen LogP contribution is -2.30. The number of hydrogen-bond donors (Lipinski definition) is 3. The molecule has 0 radical (unpaired) electrons. The van der Waals surface area contributed by atoms with Crippen LogP contribution in [-0.2, 0) is 16.8 Å². The van der Waals surface area contributed by atoms with Gasteiger partial charge in [0.15, 0.2) is 0 Å². The van der Waals surface area contributed by atoms with Gasteiger partial charge in [-0.15, -0.1) is 0 Å². The molecule has 1 aliphatic heterocycles. The third-order valence-corrected chi connectivity index (χ3v) is 10.0. The van der Waals surface area contributed by atoms with Crippen LogP contribution < -0.4 is 5.32 Å². The number of rotatable bonds is 12. The molecule has 0 spiro atoms. The van der Waals surface area contributed by atoms with E-state index in [0.29, 0.717) is 0 Å². The van der Waals surface area contributed by atoms with Crippen molar-refractivity contribution in [2.45, 2.75) is 62.8 Å². The van der Waals surface area contributed by atoms with E-state index in [-0.39, 0.29) is 23.1 Å². The fourth-order valence-corrected chi connectivity index (χ4v) is 7.31. The zero-order valence-electron chi connectivity index (χ0n) is 23.6. The van der Waals surface area contributed by atoms with E-state index < -0.39 is 11.6 Å². The average Bonchev–Trinajstić information content (AvgIpc) is 3.70. The zero-order valence-corrected chi connectivity index (χ0v) is 25.2. The summed E-state index contributed by atoms with van der Waals surface area (Å²) >= 11 is 8.09. The predicted molar refractivity (Wildman–Crippen MR) is 171 cm³/mol. The first-order valence-corrected chi connectivity index (χ1v) is 15.7. The van der Waals surface area contributed by atoms with Crippen LogP contribution in [-0.4, -0.2) is 28.0 Å². The average molecular weight is 588 g/mol. The second-order valence-corrected chi connectivity index (χ2v) is 13.6. The van der Waals surface area contributed by atoms with Gasteiger partial charge >= 0.3 is 5.97 Å². The minimum absolute atomic E-state index is 0.0750. The Labute approximate surface area is 252 Å². The quantitative estimate of drug-likeness (QED) is 0.234. The number of carboxylic acids is 1. The number of carbonyl (C=O) groups is 1. The number of thioether (sulfide) groups is 1. The van der Waals surface area contributed by atoms with Gasteiger partial charge in [0, 0.05) is 21.7 Å². The molecule has 0 saturated heterocycles. The first kappa shape index (κ1) is 29.5. The van der Waals surface area contributed by atoms with Crippen LogP contribution >= 0.6 is 23.4 Å². The second-order valence-electron chi connectivity index (χ2n) is 11.9. The first-order valence-electron chi connectivity index (χ1n) is 14.3.